The minimum absolute atomic E-state index is 0.227. The summed E-state index contributed by atoms with van der Waals surface area (Å²) < 4.78 is 13.9. The monoisotopic (exact) mass is 266 g/mol. The van der Waals surface area contributed by atoms with E-state index >= 15 is 0 Å². The quantitative estimate of drug-likeness (QED) is 0.831. The first kappa shape index (κ1) is 13.4. The lowest BCUT2D eigenvalue weighted by Gasteiger charge is -2.24. The zero-order valence-electron chi connectivity index (χ0n) is 10.8. The molecule has 0 amide bonds. The molecule has 1 aromatic carbocycles. The van der Waals surface area contributed by atoms with Crippen molar-refractivity contribution >= 4 is 17.2 Å². The van der Waals surface area contributed by atoms with Gasteiger partial charge in [-0.15, -0.1) is 0 Å². The third-order valence-electron chi connectivity index (χ3n) is 3.76. The van der Waals surface area contributed by atoms with E-state index in [1.807, 2.05) is 7.05 Å². The van der Waals surface area contributed by atoms with E-state index < -0.39 is 0 Å². The van der Waals surface area contributed by atoms with E-state index in [2.05, 4.69) is 11.8 Å². The van der Waals surface area contributed by atoms with Gasteiger partial charge in [0.05, 0.1) is 0 Å². The van der Waals surface area contributed by atoms with Crippen molar-refractivity contribution in [2.45, 2.75) is 32.4 Å². The molecule has 2 nitrogen and oxygen atoms in total. The van der Waals surface area contributed by atoms with Gasteiger partial charge in [-0.1, -0.05) is 24.4 Å². The zero-order chi connectivity index (χ0) is 13.3. The Morgan fingerprint density at radius 1 is 1.56 bits per heavy atom. The summed E-state index contributed by atoms with van der Waals surface area (Å²) in [6.07, 6.45) is 2.60. The van der Waals surface area contributed by atoms with Crippen LogP contribution in [-0.4, -0.2) is 23.0 Å². The number of thiocarbonyl (C=S) groups is 1. The molecule has 0 radical (unpaired) electrons. The van der Waals surface area contributed by atoms with Crippen LogP contribution in [-0.2, 0) is 6.54 Å². The number of hydrogen-bond donors (Lipinski definition) is 1. The van der Waals surface area contributed by atoms with Crippen LogP contribution in [0.3, 0.4) is 0 Å². The molecule has 0 aliphatic heterocycles. The van der Waals surface area contributed by atoms with E-state index in [0.29, 0.717) is 23.7 Å². The molecule has 1 saturated carbocycles. The van der Waals surface area contributed by atoms with Gasteiger partial charge in [-0.25, -0.2) is 4.39 Å². The van der Waals surface area contributed by atoms with E-state index in [1.165, 1.54) is 18.9 Å². The second kappa shape index (κ2) is 5.33. The average molecular weight is 266 g/mol. The van der Waals surface area contributed by atoms with Crippen LogP contribution in [0.1, 0.15) is 30.9 Å². The molecule has 1 unspecified atom stereocenters. The molecular formula is C14H19FN2S. The Bertz CT molecular complexity index is 457. The van der Waals surface area contributed by atoms with Gasteiger partial charge in [0.2, 0.25) is 0 Å². The van der Waals surface area contributed by atoms with Gasteiger partial charge in [-0.2, -0.15) is 0 Å². The topological polar surface area (TPSA) is 29.3 Å². The molecule has 1 aromatic rings. The van der Waals surface area contributed by atoms with Gasteiger partial charge >= 0.3 is 0 Å². The SMILES string of the molecule is CC(C1CC1)N(C)Cc1ccc(C(N)=S)cc1F. The van der Waals surface area contributed by atoms with E-state index in [-0.39, 0.29) is 10.8 Å². The lowest BCUT2D eigenvalue weighted by atomic mass is 10.1. The maximum Gasteiger partial charge on any atom is 0.128 e. The smallest absolute Gasteiger partial charge is 0.128 e. The molecule has 0 bridgehead atoms. The molecule has 2 rings (SSSR count). The van der Waals surface area contributed by atoms with Gasteiger partial charge in [0.15, 0.2) is 0 Å². The number of rotatable bonds is 5. The summed E-state index contributed by atoms with van der Waals surface area (Å²) in [5, 5.41) is 0. The third kappa shape index (κ3) is 3.06. The molecule has 0 heterocycles. The lowest BCUT2D eigenvalue weighted by Crippen LogP contribution is -2.30. The van der Waals surface area contributed by atoms with Crippen LogP contribution in [0.15, 0.2) is 18.2 Å². The molecule has 1 aliphatic carbocycles. The van der Waals surface area contributed by atoms with E-state index in [1.54, 1.807) is 12.1 Å². The maximum atomic E-state index is 13.9. The van der Waals surface area contributed by atoms with Gasteiger partial charge in [-0.05, 0) is 38.8 Å². The van der Waals surface area contributed by atoms with E-state index in [9.17, 15) is 4.39 Å². The van der Waals surface area contributed by atoms with Crippen molar-refractivity contribution in [3.05, 3.63) is 35.1 Å². The Morgan fingerprint density at radius 2 is 2.22 bits per heavy atom. The fraction of sp³-hybridized carbons (Fsp3) is 0.500. The largest absolute Gasteiger partial charge is 0.389 e. The molecular weight excluding hydrogens is 247 g/mol. The first-order chi connectivity index (χ1) is 8.49. The standard InChI is InChI=1S/C14H19FN2S/c1-9(10-3-4-10)17(2)8-12-6-5-11(14(16)18)7-13(12)15/h5-7,9-10H,3-4,8H2,1-2H3,(H2,16,18). The molecule has 4 heteroatoms. The number of benzene rings is 1. The Morgan fingerprint density at radius 3 is 2.72 bits per heavy atom. The summed E-state index contributed by atoms with van der Waals surface area (Å²) in [6.45, 7) is 2.83. The van der Waals surface area contributed by atoms with Crippen LogP contribution in [0.5, 0.6) is 0 Å². The van der Waals surface area contributed by atoms with Crippen molar-refractivity contribution in [3.8, 4) is 0 Å². The van der Waals surface area contributed by atoms with Gasteiger partial charge in [0.25, 0.3) is 0 Å². The minimum Gasteiger partial charge on any atom is -0.389 e. The normalized spacial score (nSPS) is 16.9. The molecule has 2 N–H and O–H groups in total. The van der Waals surface area contributed by atoms with Crippen molar-refractivity contribution in [2.75, 3.05) is 7.05 Å². The number of nitrogens with two attached hydrogens (primary N) is 1. The van der Waals surface area contributed by atoms with Crippen molar-refractivity contribution < 1.29 is 4.39 Å². The van der Waals surface area contributed by atoms with E-state index in [4.69, 9.17) is 18.0 Å². The predicted molar refractivity (Wildman–Crippen MR) is 75.9 cm³/mol. The highest BCUT2D eigenvalue weighted by molar-refractivity contribution is 7.80. The Hall–Kier alpha value is -1.00. The fourth-order valence-corrected chi connectivity index (χ4v) is 2.31. The van der Waals surface area contributed by atoms with Crippen LogP contribution in [0.2, 0.25) is 0 Å². The van der Waals surface area contributed by atoms with Crippen LogP contribution >= 0.6 is 12.2 Å². The van der Waals surface area contributed by atoms with Gasteiger partial charge in [-0.3, -0.25) is 4.90 Å². The third-order valence-corrected chi connectivity index (χ3v) is 3.99. The van der Waals surface area contributed by atoms with Gasteiger partial charge in [0.1, 0.15) is 10.8 Å². The summed E-state index contributed by atoms with van der Waals surface area (Å²) in [5.41, 5.74) is 6.77. The number of hydrogen-bond acceptors (Lipinski definition) is 2. The Labute approximate surface area is 113 Å². The van der Waals surface area contributed by atoms with Crippen molar-refractivity contribution in [1.29, 1.82) is 0 Å². The summed E-state index contributed by atoms with van der Waals surface area (Å²) in [7, 11) is 2.05. The molecule has 1 aliphatic rings. The highest BCUT2D eigenvalue weighted by Crippen LogP contribution is 2.35. The summed E-state index contributed by atoms with van der Waals surface area (Å²) >= 11 is 4.84. The maximum absolute atomic E-state index is 13.9. The first-order valence-corrected chi connectivity index (χ1v) is 6.68. The minimum atomic E-state index is -0.227. The summed E-state index contributed by atoms with van der Waals surface area (Å²) in [5.74, 6) is 0.559. The number of halogens is 1. The fourth-order valence-electron chi connectivity index (χ4n) is 2.18. The van der Waals surface area contributed by atoms with Crippen LogP contribution in [0.4, 0.5) is 4.39 Å². The van der Waals surface area contributed by atoms with E-state index in [0.717, 1.165) is 5.92 Å². The van der Waals surface area contributed by atoms with Crippen molar-refractivity contribution in [1.82, 2.24) is 4.90 Å². The predicted octanol–water partition coefficient (Wildman–Crippen LogP) is 2.69. The highest BCUT2D eigenvalue weighted by atomic mass is 32.1. The molecule has 1 atom stereocenters. The van der Waals surface area contributed by atoms with Crippen molar-refractivity contribution in [2.24, 2.45) is 11.7 Å². The molecule has 0 aromatic heterocycles. The number of nitrogens with zero attached hydrogens (tertiary/aromatic N) is 1. The Kier molecular flexibility index (Phi) is 3.97. The van der Waals surface area contributed by atoms with Gasteiger partial charge in [0, 0.05) is 23.7 Å². The second-order valence-electron chi connectivity index (χ2n) is 5.16. The van der Waals surface area contributed by atoms with Crippen molar-refractivity contribution in [3.63, 3.8) is 0 Å². The molecule has 1 fully saturated rings. The Balaban J connectivity index is 2.06. The molecule has 0 spiro atoms. The van der Waals surface area contributed by atoms with Crippen LogP contribution in [0.25, 0.3) is 0 Å². The van der Waals surface area contributed by atoms with Gasteiger partial charge < -0.3 is 5.73 Å². The zero-order valence-corrected chi connectivity index (χ0v) is 11.6. The highest BCUT2D eigenvalue weighted by Gasteiger charge is 2.30. The second-order valence-corrected chi connectivity index (χ2v) is 5.60. The lowest BCUT2D eigenvalue weighted by molar-refractivity contribution is 0.224. The first-order valence-electron chi connectivity index (χ1n) is 6.27. The summed E-state index contributed by atoms with van der Waals surface area (Å²) in [4.78, 5) is 2.44. The molecule has 98 valence electrons. The molecule has 18 heavy (non-hydrogen) atoms. The molecule has 0 saturated heterocycles. The van der Waals surface area contributed by atoms with Crippen LogP contribution in [0, 0.1) is 11.7 Å². The van der Waals surface area contributed by atoms with Crippen LogP contribution < -0.4 is 5.73 Å². The summed E-state index contributed by atoms with van der Waals surface area (Å²) in [6, 6.07) is 5.50. The average Bonchev–Trinajstić information content (AvgIpc) is 3.14.